The highest BCUT2D eigenvalue weighted by molar-refractivity contribution is 6.04. The average molecular weight is 178 g/mol. The average Bonchev–Trinajstić information content (AvgIpc) is 2.39. The highest BCUT2D eigenvalue weighted by Gasteiger charge is 2.18. The molecule has 0 radical (unpaired) electrons. The molecule has 0 aromatic carbocycles. The summed E-state index contributed by atoms with van der Waals surface area (Å²) in [7, 11) is 0. The maximum absolute atomic E-state index is 10.7. The number of hydrogen-bond acceptors (Lipinski definition) is 4. The lowest BCUT2D eigenvalue weighted by atomic mass is 10.2. The van der Waals surface area contributed by atoms with Crippen molar-refractivity contribution >= 4 is 23.0 Å². The van der Waals surface area contributed by atoms with Crippen LogP contribution in [0.5, 0.6) is 0 Å². The number of aromatic nitrogens is 1. The molecule has 0 aliphatic heterocycles. The molecule has 0 amide bonds. The fourth-order valence-electron chi connectivity index (χ4n) is 1.15. The van der Waals surface area contributed by atoms with E-state index in [0.29, 0.717) is 5.58 Å². The van der Waals surface area contributed by atoms with Crippen molar-refractivity contribution in [2.75, 3.05) is 5.73 Å². The number of pyridine rings is 1. The van der Waals surface area contributed by atoms with Crippen LogP contribution in [-0.2, 0) is 0 Å². The van der Waals surface area contributed by atoms with Gasteiger partial charge in [-0.25, -0.2) is 4.79 Å². The van der Waals surface area contributed by atoms with Gasteiger partial charge in [0, 0.05) is 6.20 Å². The van der Waals surface area contributed by atoms with Crippen LogP contribution in [0.15, 0.2) is 22.7 Å². The Bertz CT molecular complexity index is 475. The van der Waals surface area contributed by atoms with Crippen molar-refractivity contribution in [3.63, 3.8) is 0 Å². The number of fused-ring (bicyclic) bond motifs is 1. The normalized spacial score (nSPS) is 10.5. The van der Waals surface area contributed by atoms with Gasteiger partial charge in [-0.3, -0.25) is 4.98 Å². The number of carboxylic acid groups (broad SMARTS) is 1. The van der Waals surface area contributed by atoms with Crippen LogP contribution >= 0.6 is 0 Å². The summed E-state index contributed by atoms with van der Waals surface area (Å²) in [6, 6.07) is 3.27. The summed E-state index contributed by atoms with van der Waals surface area (Å²) in [5.41, 5.74) is 5.96. The van der Waals surface area contributed by atoms with Gasteiger partial charge in [0.25, 0.3) is 0 Å². The summed E-state index contributed by atoms with van der Waals surface area (Å²) in [5, 5.41) is 8.77. The second kappa shape index (κ2) is 2.48. The number of aromatic carboxylic acids is 1. The summed E-state index contributed by atoms with van der Waals surface area (Å²) < 4.78 is 4.99. The van der Waals surface area contributed by atoms with Crippen molar-refractivity contribution in [3.8, 4) is 0 Å². The van der Waals surface area contributed by atoms with Crippen LogP contribution in [0.25, 0.3) is 11.1 Å². The van der Waals surface area contributed by atoms with E-state index >= 15 is 0 Å². The SMILES string of the molecule is Nc1oc2cccnc2c1C(=O)O. The minimum absolute atomic E-state index is 0.0735. The van der Waals surface area contributed by atoms with E-state index in [-0.39, 0.29) is 17.0 Å². The highest BCUT2D eigenvalue weighted by Crippen LogP contribution is 2.25. The predicted molar refractivity (Wildman–Crippen MR) is 45.4 cm³/mol. The quantitative estimate of drug-likeness (QED) is 0.682. The third-order valence-corrected chi connectivity index (χ3v) is 1.69. The minimum Gasteiger partial charge on any atom is -0.477 e. The smallest absolute Gasteiger partial charge is 0.343 e. The zero-order valence-corrected chi connectivity index (χ0v) is 6.52. The Morgan fingerprint density at radius 1 is 1.62 bits per heavy atom. The summed E-state index contributed by atoms with van der Waals surface area (Å²) >= 11 is 0. The van der Waals surface area contributed by atoms with Gasteiger partial charge in [-0.15, -0.1) is 0 Å². The molecule has 66 valence electrons. The minimum atomic E-state index is -1.13. The first kappa shape index (κ1) is 7.60. The Labute approximate surface area is 72.8 Å². The maximum atomic E-state index is 10.7. The number of nitrogens with two attached hydrogens (primary N) is 1. The molecule has 0 aliphatic rings. The Balaban J connectivity index is 2.86. The molecule has 5 heteroatoms. The van der Waals surface area contributed by atoms with Crippen molar-refractivity contribution in [3.05, 3.63) is 23.9 Å². The molecule has 0 bridgehead atoms. The highest BCUT2D eigenvalue weighted by atomic mass is 16.4. The van der Waals surface area contributed by atoms with Crippen molar-refractivity contribution in [1.82, 2.24) is 4.98 Å². The fourth-order valence-corrected chi connectivity index (χ4v) is 1.15. The van der Waals surface area contributed by atoms with Crippen LogP contribution in [0.4, 0.5) is 5.88 Å². The molecule has 2 aromatic heterocycles. The van der Waals surface area contributed by atoms with E-state index in [0.717, 1.165) is 0 Å². The summed E-state index contributed by atoms with van der Waals surface area (Å²) in [5.74, 6) is -1.24. The molecule has 0 atom stereocenters. The van der Waals surface area contributed by atoms with Crippen LogP contribution < -0.4 is 5.73 Å². The van der Waals surface area contributed by atoms with Crippen molar-refractivity contribution in [2.45, 2.75) is 0 Å². The zero-order chi connectivity index (χ0) is 9.42. The van der Waals surface area contributed by atoms with E-state index in [4.69, 9.17) is 15.3 Å². The molecule has 2 aromatic rings. The number of anilines is 1. The topological polar surface area (TPSA) is 89.4 Å². The summed E-state index contributed by atoms with van der Waals surface area (Å²) in [6.07, 6.45) is 1.49. The van der Waals surface area contributed by atoms with Gasteiger partial charge in [0.1, 0.15) is 11.1 Å². The second-order valence-electron chi connectivity index (χ2n) is 2.50. The summed E-state index contributed by atoms with van der Waals surface area (Å²) in [4.78, 5) is 14.6. The van der Waals surface area contributed by atoms with E-state index in [1.807, 2.05) is 0 Å². The Morgan fingerprint density at radius 3 is 3.08 bits per heavy atom. The Hall–Kier alpha value is -2.04. The van der Waals surface area contributed by atoms with Crippen LogP contribution in [0.2, 0.25) is 0 Å². The number of nitrogen functional groups attached to an aromatic ring is 1. The first-order chi connectivity index (χ1) is 6.20. The lowest BCUT2D eigenvalue weighted by Crippen LogP contribution is -1.99. The maximum Gasteiger partial charge on any atom is 0.343 e. The van der Waals surface area contributed by atoms with Gasteiger partial charge >= 0.3 is 5.97 Å². The molecule has 0 unspecified atom stereocenters. The van der Waals surface area contributed by atoms with Gasteiger partial charge in [0.15, 0.2) is 5.58 Å². The standard InChI is InChI=1S/C8H6N2O3/c9-7-5(8(11)12)6-4(13-7)2-1-3-10-6/h1-3H,9H2,(H,11,12). The first-order valence-corrected chi connectivity index (χ1v) is 3.56. The largest absolute Gasteiger partial charge is 0.477 e. The fraction of sp³-hybridized carbons (Fsp3) is 0. The monoisotopic (exact) mass is 178 g/mol. The lowest BCUT2D eigenvalue weighted by Gasteiger charge is -1.88. The van der Waals surface area contributed by atoms with Crippen molar-refractivity contribution in [1.29, 1.82) is 0 Å². The molecule has 0 saturated heterocycles. The van der Waals surface area contributed by atoms with Crippen LogP contribution in [0, 0.1) is 0 Å². The first-order valence-electron chi connectivity index (χ1n) is 3.56. The van der Waals surface area contributed by atoms with Gasteiger partial charge in [0.2, 0.25) is 5.88 Å². The Morgan fingerprint density at radius 2 is 2.38 bits per heavy atom. The third kappa shape index (κ3) is 1.01. The third-order valence-electron chi connectivity index (χ3n) is 1.69. The van der Waals surface area contributed by atoms with Gasteiger partial charge < -0.3 is 15.3 Å². The van der Waals surface area contributed by atoms with Crippen LogP contribution in [-0.4, -0.2) is 16.1 Å². The number of carboxylic acids is 1. The van der Waals surface area contributed by atoms with Gasteiger partial charge in [-0.05, 0) is 12.1 Å². The molecule has 2 rings (SSSR count). The molecule has 0 spiro atoms. The number of carbonyl (C=O) groups is 1. The molecule has 2 heterocycles. The van der Waals surface area contributed by atoms with E-state index in [2.05, 4.69) is 4.98 Å². The van der Waals surface area contributed by atoms with Crippen molar-refractivity contribution in [2.24, 2.45) is 0 Å². The van der Waals surface area contributed by atoms with Gasteiger partial charge in [-0.2, -0.15) is 0 Å². The van der Waals surface area contributed by atoms with E-state index < -0.39 is 5.97 Å². The second-order valence-corrected chi connectivity index (χ2v) is 2.50. The van der Waals surface area contributed by atoms with Crippen LogP contribution in [0.3, 0.4) is 0 Å². The molecule has 0 aliphatic carbocycles. The lowest BCUT2D eigenvalue weighted by molar-refractivity contribution is 0.0699. The van der Waals surface area contributed by atoms with E-state index in [1.54, 1.807) is 12.1 Å². The molecule has 0 saturated carbocycles. The van der Waals surface area contributed by atoms with E-state index in [1.165, 1.54) is 6.20 Å². The van der Waals surface area contributed by atoms with Gasteiger partial charge in [-0.1, -0.05) is 0 Å². The zero-order valence-electron chi connectivity index (χ0n) is 6.52. The van der Waals surface area contributed by atoms with Crippen LogP contribution in [0.1, 0.15) is 10.4 Å². The molecular formula is C8H6N2O3. The molecular weight excluding hydrogens is 172 g/mol. The number of nitrogens with zero attached hydrogens (tertiary/aromatic N) is 1. The van der Waals surface area contributed by atoms with Crippen molar-refractivity contribution < 1.29 is 14.3 Å². The number of furan rings is 1. The molecule has 13 heavy (non-hydrogen) atoms. The van der Waals surface area contributed by atoms with E-state index in [9.17, 15) is 4.79 Å². The molecule has 0 fully saturated rings. The number of rotatable bonds is 1. The Kier molecular flexibility index (Phi) is 1.45. The van der Waals surface area contributed by atoms with Gasteiger partial charge in [0.05, 0.1) is 0 Å². The molecule has 5 nitrogen and oxygen atoms in total. The predicted octanol–water partition coefficient (Wildman–Crippen LogP) is 1.11. The molecule has 3 N–H and O–H groups in total. The number of hydrogen-bond donors (Lipinski definition) is 2. The summed E-state index contributed by atoms with van der Waals surface area (Å²) in [6.45, 7) is 0.